The minimum atomic E-state index is -4.56. The zero-order valence-electron chi connectivity index (χ0n) is 13.3. The molecule has 0 aliphatic carbocycles. The van der Waals surface area contributed by atoms with Crippen molar-refractivity contribution in [1.29, 1.82) is 0 Å². The third-order valence-electron chi connectivity index (χ3n) is 2.99. The number of rotatable bonds is 3. The number of benzene rings is 1. The summed E-state index contributed by atoms with van der Waals surface area (Å²) in [6.45, 7) is 5.04. The van der Waals surface area contributed by atoms with Gasteiger partial charge >= 0.3 is 6.18 Å². The largest absolute Gasteiger partial charge is 0.417 e. The first-order valence-corrected chi connectivity index (χ1v) is 8.54. The normalized spacial score (nSPS) is 13.1. The molecule has 130 valence electrons. The topological polar surface area (TPSA) is 59.1 Å². The summed E-state index contributed by atoms with van der Waals surface area (Å²) in [6.07, 6.45) is -2.64. The van der Waals surface area contributed by atoms with Crippen LogP contribution in [0.5, 0.6) is 0 Å². The van der Waals surface area contributed by atoms with Gasteiger partial charge in [0.1, 0.15) is 0 Å². The van der Waals surface area contributed by atoms with Crippen LogP contribution in [0, 0.1) is 0 Å². The molecule has 8 heteroatoms. The molecule has 0 aliphatic rings. The Labute approximate surface area is 138 Å². The lowest BCUT2D eigenvalue weighted by molar-refractivity contribution is -0.137. The third-order valence-corrected chi connectivity index (χ3v) is 4.81. The molecule has 2 aromatic rings. The predicted octanol–water partition coefficient (Wildman–Crippen LogP) is 3.84. The molecule has 1 N–H and O–H groups in total. The van der Waals surface area contributed by atoms with Crippen LogP contribution in [0.15, 0.2) is 47.6 Å². The second-order valence-corrected chi connectivity index (χ2v) is 7.96. The maximum atomic E-state index is 12.9. The van der Waals surface area contributed by atoms with Gasteiger partial charge in [0.2, 0.25) is 10.0 Å². The fourth-order valence-corrected chi connectivity index (χ4v) is 3.79. The van der Waals surface area contributed by atoms with Crippen molar-refractivity contribution in [2.45, 2.75) is 37.4 Å². The molecule has 24 heavy (non-hydrogen) atoms. The number of halogens is 3. The van der Waals surface area contributed by atoms with Crippen LogP contribution in [0.3, 0.4) is 0 Å². The van der Waals surface area contributed by atoms with Crippen LogP contribution >= 0.6 is 0 Å². The molecule has 0 radical (unpaired) electrons. The number of nitrogens with one attached hydrogen (secondary N) is 1. The van der Waals surface area contributed by atoms with E-state index in [0.717, 1.165) is 6.07 Å². The molecule has 0 spiro atoms. The average Bonchev–Trinajstić information content (AvgIpc) is 2.44. The lowest BCUT2D eigenvalue weighted by atomic mass is 10.1. The molecule has 0 fully saturated rings. The van der Waals surface area contributed by atoms with Gasteiger partial charge in [-0.2, -0.15) is 13.2 Å². The maximum Gasteiger partial charge on any atom is 0.417 e. The summed E-state index contributed by atoms with van der Waals surface area (Å²) in [5.74, 6) is 0. The van der Waals surface area contributed by atoms with Crippen molar-refractivity contribution in [1.82, 2.24) is 9.71 Å². The molecule has 1 heterocycles. The van der Waals surface area contributed by atoms with E-state index in [4.69, 9.17) is 0 Å². The van der Waals surface area contributed by atoms with Crippen LogP contribution in [0.25, 0.3) is 11.1 Å². The summed E-state index contributed by atoms with van der Waals surface area (Å²) in [5, 5.41) is 0. The van der Waals surface area contributed by atoms with Gasteiger partial charge in [0.15, 0.2) is 0 Å². The van der Waals surface area contributed by atoms with Crippen LogP contribution in [0.4, 0.5) is 13.2 Å². The fourth-order valence-electron chi connectivity index (χ4n) is 2.14. The van der Waals surface area contributed by atoms with Crippen LogP contribution in [-0.2, 0) is 16.2 Å². The van der Waals surface area contributed by atoms with Crippen LogP contribution in [0.2, 0.25) is 0 Å². The van der Waals surface area contributed by atoms with Gasteiger partial charge in [0.05, 0.1) is 10.5 Å². The second-order valence-electron chi connectivity index (χ2n) is 6.31. The Hall–Kier alpha value is -1.93. The van der Waals surface area contributed by atoms with Gasteiger partial charge in [0.25, 0.3) is 0 Å². The molecule has 1 aromatic carbocycles. The Morgan fingerprint density at radius 1 is 1.04 bits per heavy atom. The lowest BCUT2D eigenvalue weighted by Gasteiger charge is -2.21. The summed E-state index contributed by atoms with van der Waals surface area (Å²) in [4.78, 5) is 3.49. The highest BCUT2D eigenvalue weighted by Gasteiger charge is 2.32. The SMILES string of the molecule is CC(C)(C)NS(=O)(=O)c1ccccc1-c1cncc(C(F)(F)F)c1. The van der Waals surface area contributed by atoms with E-state index < -0.39 is 27.3 Å². The van der Waals surface area contributed by atoms with E-state index in [0.29, 0.717) is 6.20 Å². The number of pyridine rings is 1. The summed E-state index contributed by atoms with van der Waals surface area (Å²) in [5.41, 5.74) is -1.42. The van der Waals surface area contributed by atoms with E-state index in [1.54, 1.807) is 26.8 Å². The number of alkyl halides is 3. The number of nitrogens with zero attached hydrogens (tertiary/aromatic N) is 1. The van der Waals surface area contributed by atoms with Crippen molar-refractivity contribution in [2.24, 2.45) is 0 Å². The van der Waals surface area contributed by atoms with Gasteiger partial charge in [-0.15, -0.1) is 0 Å². The van der Waals surface area contributed by atoms with Crippen molar-refractivity contribution in [3.8, 4) is 11.1 Å². The molecule has 0 saturated carbocycles. The predicted molar refractivity (Wildman–Crippen MR) is 84.7 cm³/mol. The maximum absolute atomic E-state index is 12.9. The first-order chi connectivity index (χ1) is 10.9. The van der Waals surface area contributed by atoms with Gasteiger partial charge in [0, 0.05) is 29.1 Å². The quantitative estimate of drug-likeness (QED) is 0.907. The highest BCUT2D eigenvalue weighted by atomic mass is 32.2. The second kappa shape index (κ2) is 6.18. The monoisotopic (exact) mass is 358 g/mol. The molecule has 4 nitrogen and oxygen atoms in total. The number of aromatic nitrogens is 1. The Morgan fingerprint density at radius 2 is 1.67 bits per heavy atom. The van der Waals surface area contributed by atoms with E-state index in [1.807, 2.05) is 0 Å². The molecule has 0 saturated heterocycles. The average molecular weight is 358 g/mol. The van der Waals surface area contributed by atoms with Crippen LogP contribution in [-0.4, -0.2) is 18.9 Å². The van der Waals surface area contributed by atoms with E-state index in [1.165, 1.54) is 24.4 Å². The van der Waals surface area contributed by atoms with Gasteiger partial charge in [-0.3, -0.25) is 4.98 Å². The zero-order chi connectivity index (χ0) is 18.2. The smallest absolute Gasteiger partial charge is 0.263 e. The third kappa shape index (κ3) is 4.33. The van der Waals surface area contributed by atoms with Crippen molar-refractivity contribution in [2.75, 3.05) is 0 Å². The van der Waals surface area contributed by atoms with E-state index in [-0.39, 0.29) is 16.0 Å². The van der Waals surface area contributed by atoms with Crippen LogP contribution < -0.4 is 4.72 Å². The number of hydrogen-bond acceptors (Lipinski definition) is 3. The van der Waals surface area contributed by atoms with Gasteiger partial charge in [-0.05, 0) is 32.9 Å². The molecule has 0 bridgehead atoms. The Kier molecular flexibility index (Phi) is 4.74. The lowest BCUT2D eigenvalue weighted by Crippen LogP contribution is -2.40. The minimum Gasteiger partial charge on any atom is -0.263 e. The number of hydrogen-bond donors (Lipinski definition) is 1. The summed E-state index contributed by atoms with van der Waals surface area (Å²) in [6, 6.07) is 6.77. The highest BCUT2D eigenvalue weighted by Crippen LogP contribution is 2.33. The molecule has 0 unspecified atom stereocenters. The molecule has 0 aliphatic heterocycles. The number of sulfonamides is 1. The van der Waals surface area contributed by atoms with E-state index in [2.05, 4.69) is 9.71 Å². The van der Waals surface area contributed by atoms with Crippen LogP contribution in [0.1, 0.15) is 26.3 Å². The molecule has 0 atom stereocenters. The first-order valence-electron chi connectivity index (χ1n) is 7.06. The molecule has 0 amide bonds. The molecular weight excluding hydrogens is 341 g/mol. The van der Waals surface area contributed by atoms with Crippen molar-refractivity contribution >= 4 is 10.0 Å². The van der Waals surface area contributed by atoms with Crippen molar-refractivity contribution in [3.63, 3.8) is 0 Å². The summed E-state index contributed by atoms with van der Waals surface area (Å²) >= 11 is 0. The summed E-state index contributed by atoms with van der Waals surface area (Å²) in [7, 11) is -3.90. The molecular formula is C16H17F3N2O2S. The van der Waals surface area contributed by atoms with Gasteiger partial charge in [-0.25, -0.2) is 13.1 Å². The molecule has 2 rings (SSSR count). The summed E-state index contributed by atoms with van der Waals surface area (Å²) < 4.78 is 66.2. The highest BCUT2D eigenvalue weighted by molar-refractivity contribution is 7.89. The van der Waals surface area contributed by atoms with Crippen molar-refractivity contribution < 1.29 is 21.6 Å². The van der Waals surface area contributed by atoms with Gasteiger partial charge < -0.3 is 0 Å². The van der Waals surface area contributed by atoms with Gasteiger partial charge in [-0.1, -0.05) is 18.2 Å². The Bertz CT molecular complexity index is 841. The minimum absolute atomic E-state index is 0.0831. The zero-order valence-corrected chi connectivity index (χ0v) is 14.2. The fraction of sp³-hybridized carbons (Fsp3) is 0.312. The van der Waals surface area contributed by atoms with E-state index >= 15 is 0 Å². The Morgan fingerprint density at radius 3 is 2.25 bits per heavy atom. The standard InChI is InChI=1S/C16H17F3N2O2S/c1-15(2,3)21-24(22,23)14-7-5-4-6-13(14)11-8-12(10-20-9-11)16(17,18)19/h4-10,21H,1-3H3. The van der Waals surface area contributed by atoms with Crippen molar-refractivity contribution in [3.05, 3.63) is 48.3 Å². The first kappa shape index (κ1) is 18.4. The molecule has 1 aromatic heterocycles. The Balaban J connectivity index is 2.59. The van der Waals surface area contributed by atoms with E-state index in [9.17, 15) is 21.6 Å².